The highest BCUT2D eigenvalue weighted by molar-refractivity contribution is 5.40. The van der Waals surface area contributed by atoms with Crippen LogP contribution in [0.2, 0.25) is 0 Å². The molecule has 2 N–H and O–H groups in total. The Hall–Kier alpha value is -1.09. The fourth-order valence-corrected chi connectivity index (χ4v) is 1.31. The molecule has 0 amide bonds. The third-order valence-corrected chi connectivity index (χ3v) is 2.04. The predicted octanol–water partition coefficient (Wildman–Crippen LogP) is 2.33. The van der Waals surface area contributed by atoms with Gasteiger partial charge in [-0.1, -0.05) is 6.07 Å². The highest BCUT2D eigenvalue weighted by Crippen LogP contribution is 2.13. The number of anilines is 1. The Bertz CT molecular complexity index is 329. The second kappa shape index (κ2) is 4.62. The van der Waals surface area contributed by atoms with E-state index in [0.717, 1.165) is 17.5 Å². The van der Waals surface area contributed by atoms with E-state index in [-0.39, 0.29) is 5.60 Å². The summed E-state index contributed by atoms with van der Waals surface area (Å²) in [5.41, 5.74) is 7.88. The molecule has 15 heavy (non-hydrogen) atoms. The molecule has 0 radical (unpaired) electrons. The zero-order valence-electron chi connectivity index (χ0n) is 10.0. The smallest absolute Gasteiger partial charge is 0.126 e. The zero-order chi connectivity index (χ0) is 11.5. The number of nitrogen functional groups attached to an aromatic ring is 1. The van der Waals surface area contributed by atoms with Crippen LogP contribution in [0.1, 0.15) is 31.9 Å². The van der Waals surface area contributed by atoms with Crippen LogP contribution in [-0.2, 0) is 11.2 Å². The maximum absolute atomic E-state index is 5.77. The van der Waals surface area contributed by atoms with E-state index in [4.69, 9.17) is 10.5 Å². The van der Waals surface area contributed by atoms with Gasteiger partial charge in [-0.2, -0.15) is 0 Å². The zero-order valence-corrected chi connectivity index (χ0v) is 10.0. The second-order valence-corrected chi connectivity index (χ2v) is 4.77. The van der Waals surface area contributed by atoms with Crippen LogP contribution in [0, 0.1) is 6.92 Å². The van der Waals surface area contributed by atoms with Crippen LogP contribution in [0.3, 0.4) is 0 Å². The maximum Gasteiger partial charge on any atom is 0.126 e. The molecule has 0 saturated carbocycles. The summed E-state index contributed by atoms with van der Waals surface area (Å²) >= 11 is 0. The summed E-state index contributed by atoms with van der Waals surface area (Å²) in [6.45, 7) is 8.83. The Balaban J connectivity index is 2.54. The first-order chi connectivity index (χ1) is 6.88. The van der Waals surface area contributed by atoms with Crippen LogP contribution in [-0.4, -0.2) is 17.2 Å². The molecule has 0 aliphatic rings. The van der Waals surface area contributed by atoms with E-state index >= 15 is 0 Å². The molecule has 0 unspecified atom stereocenters. The third-order valence-electron chi connectivity index (χ3n) is 2.04. The third kappa shape index (κ3) is 4.30. The van der Waals surface area contributed by atoms with Crippen molar-refractivity contribution in [2.75, 3.05) is 12.3 Å². The summed E-state index contributed by atoms with van der Waals surface area (Å²) in [6.07, 6.45) is 2.60. The van der Waals surface area contributed by atoms with Crippen molar-refractivity contribution in [3.8, 4) is 0 Å². The number of aromatic nitrogens is 1. The molecule has 0 aromatic carbocycles. The molecule has 1 heterocycles. The van der Waals surface area contributed by atoms with Crippen molar-refractivity contribution >= 4 is 5.82 Å². The summed E-state index contributed by atoms with van der Waals surface area (Å²) < 4.78 is 5.64. The van der Waals surface area contributed by atoms with Crippen molar-refractivity contribution < 1.29 is 4.74 Å². The topological polar surface area (TPSA) is 48.1 Å². The minimum atomic E-state index is -0.0913. The predicted molar refractivity (Wildman–Crippen MR) is 62.8 cm³/mol. The summed E-state index contributed by atoms with van der Waals surface area (Å²) in [7, 11) is 0. The van der Waals surface area contributed by atoms with Gasteiger partial charge < -0.3 is 10.5 Å². The standard InChI is InChI=1S/C12H20N2O/c1-9-7-10(11(13)14-8-9)5-6-15-12(2,3)4/h7-8H,5-6H2,1-4H3,(H2,13,14). The van der Waals surface area contributed by atoms with Crippen molar-refractivity contribution in [3.05, 3.63) is 23.4 Å². The van der Waals surface area contributed by atoms with Gasteiger partial charge in [-0.05, 0) is 45.2 Å². The van der Waals surface area contributed by atoms with E-state index in [1.807, 2.05) is 27.7 Å². The largest absolute Gasteiger partial charge is 0.383 e. The number of nitrogens with two attached hydrogens (primary N) is 1. The Labute approximate surface area is 91.7 Å². The van der Waals surface area contributed by atoms with E-state index in [1.165, 1.54) is 0 Å². The minimum Gasteiger partial charge on any atom is -0.383 e. The summed E-state index contributed by atoms with van der Waals surface area (Å²) in [6, 6.07) is 2.06. The molecule has 3 heteroatoms. The molecule has 1 rings (SSSR count). The fraction of sp³-hybridized carbons (Fsp3) is 0.583. The lowest BCUT2D eigenvalue weighted by Gasteiger charge is -2.19. The highest BCUT2D eigenvalue weighted by Gasteiger charge is 2.10. The Morgan fingerprint density at radius 1 is 1.40 bits per heavy atom. The molecule has 1 aromatic rings. The average Bonchev–Trinajstić information content (AvgIpc) is 2.09. The lowest BCUT2D eigenvalue weighted by Crippen LogP contribution is -2.20. The van der Waals surface area contributed by atoms with Crippen molar-refractivity contribution in [2.24, 2.45) is 0 Å². The lowest BCUT2D eigenvalue weighted by atomic mass is 10.1. The number of rotatable bonds is 3. The highest BCUT2D eigenvalue weighted by atomic mass is 16.5. The first-order valence-electron chi connectivity index (χ1n) is 5.23. The minimum absolute atomic E-state index is 0.0913. The quantitative estimate of drug-likeness (QED) is 0.829. The Kier molecular flexibility index (Phi) is 3.69. The summed E-state index contributed by atoms with van der Waals surface area (Å²) in [5, 5.41) is 0. The van der Waals surface area contributed by atoms with Gasteiger partial charge in [-0.25, -0.2) is 4.98 Å². The number of aryl methyl sites for hydroxylation is 1. The van der Waals surface area contributed by atoms with Gasteiger partial charge >= 0.3 is 0 Å². The van der Waals surface area contributed by atoms with Gasteiger partial charge in [0.05, 0.1) is 12.2 Å². The van der Waals surface area contributed by atoms with Gasteiger partial charge in [0.15, 0.2) is 0 Å². The maximum atomic E-state index is 5.77. The molecule has 1 aromatic heterocycles. The van der Waals surface area contributed by atoms with Crippen molar-refractivity contribution in [2.45, 2.75) is 39.7 Å². The van der Waals surface area contributed by atoms with Crippen molar-refractivity contribution in [1.29, 1.82) is 0 Å². The monoisotopic (exact) mass is 208 g/mol. The fourth-order valence-electron chi connectivity index (χ4n) is 1.31. The van der Waals surface area contributed by atoms with E-state index < -0.39 is 0 Å². The average molecular weight is 208 g/mol. The lowest BCUT2D eigenvalue weighted by molar-refractivity contribution is -0.000952. The van der Waals surface area contributed by atoms with Crippen LogP contribution < -0.4 is 5.73 Å². The molecule has 0 saturated heterocycles. The molecular formula is C12H20N2O. The number of hydrogen-bond donors (Lipinski definition) is 1. The number of hydrogen-bond acceptors (Lipinski definition) is 3. The van der Waals surface area contributed by atoms with E-state index in [2.05, 4.69) is 11.1 Å². The van der Waals surface area contributed by atoms with Gasteiger partial charge in [0.2, 0.25) is 0 Å². The van der Waals surface area contributed by atoms with Crippen LogP contribution in [0.5, 0.6) is 0 Å². The molecule has 0 aliphatic heterocycles. The molecular weight excluding hydrogens is 188 g/mol. The van der Waals surface area contributed by atoms with Gasteiger partial charge in [0.25, 0.3) is 0 Å². The van der Waals surface area contributed by atoms with Crippen LogP contribution in [0.15, 0.2) is 12.3 Å². The molecule has 84 valence electrons. The van der Waals surface area contributed by atoms with Crippen LogP contribution >= 0.6 is 0 Å². The second-order valence-electron chi connectivity index (χ2n) is 4.77. The van der Waals surface area contributed by atoms with E-state index in [9.17, 15) is 0 Å². The SMILES string of the molecule is Cc1cnc(N)c(CCOC(C)(C)C)c1. The molecule has 0 spiro atoms. The first kappa shape index (κ1) is 12.0. The molecule has 0 atom stereocenters. The normalized spacial score (nSPS) is 11.7. The molecule has 0 aliphatic carbocycles. The summed E-state index contributed by atoms with van der Waals surface area (Å²) in [4.78, 5) is 4.12. The van der Waals surface area contributed by atoms with Crippen LogP contribution in [0.4, 0.5) is 5.82 Å². The molecule has 0 fully saturated rings. The first-order valence-corrected chi connectivity index (χ1v) is 5.23. The molecule has 3 nitrogen and oxygen atoms in total. The van der Waals surface area contributed by atoms with Gasteiger partial charge in [-0.3, -0.25) is 0 Å². The Morgan fingerprint density at radius 2 is 2.07 bits per heavy atom. The van der Waals surface area contributed by atoms with Gasteiger partial charge in [0, 0.05) is 6.20 Å². The number of pyridine rings is 1. The van der Waals surface area contributed by atoms with Gasteiger partial charge in [-0.15, -0.1) is 0 Å². The number of nitrogens with zero attached hydrogens (tertiary/aromatic N) is 1. The van der Waals surface area contributed by atoms with E-state index in [0.29, 0.717) is 12.4 Å². The van der Waals surface area contributed by atoms with Crippen molar-refractivity contribution in [3.63, 3.8) is 0 Å². The Morgan fingerprint density at radius 3 is 2.67 bits per heavy atom. The van der Waals surface area contributed by atoms with Crippen LogP contribution in [0.25, 0.3) is 0 Å². The van der Waals surface area contributed by atoms with Crippen molar-refractivity contribution in [1.82, 2.24) is 4.98 Å². The number of ether oxygens (including phenoxy) is 1. The molecule has 0 bridgehead atoms. The summed E-state index contributed by atoms with van der Waals surface area (Å²) in [5.74, 6) is 0.609. The van der Waals surface area contributed by atoms with Gasteiger partial charge in [0.1, 0.15) is 5.82 Å². The van der Waals surface area contributed by atoms with E-state index in [1.54, 1.807) is 6.20 Å².